The predicted octanol–water partition coefficient (Wildman–Crippen LogP) is 5.11. The van der Waals surface area contributed by atoms with E-state index in [-0.39, 0.29) is 18.0 Å². The van der Waals surface area contributed by atoms with Crippen LogP contribution in [-0.4, -0.2) is 33.2 Å². The van der Waals surface area contributed by atoms with E-state index in [1.54, 1.807) is 47.2 Å². The van der Waals surface area contributed by atoms with Crippen LogP contribution in [0.1, 0.15) is 30.0 Å². The molecule has 0 saturated heterocycles. The molecule has 0 fully saturated rings. The van der Waals surface area contributed by atoms with Crippen molar-refractivity contribution in [2.24, 2.45) is 0 Å². The first-order chi connectivity index (χ1) is 15.0. The molecular formula is C22H17F3N4O2. The molecule has 2 atom stereocenters. The minimum Gasteiger partial charge on any atom is -0.481 e. The van der Waals surface area contributed by atoms with Gasteiger partial charge < -0.3 is 14.0 Å². The smallest absolute Gasteiger partial charge is 0.387 e. The first kappa shape index (κ1) is 19.3. The summed E-state index contributed by atoms with van der Waals surface area (Å²) in [7, 11) is 1.53. The van der Waals surface area contributed by atoms with E-state index in [9.17, 15) is 13.2 Å². The van der Waals surface area contributed by atoms with Crippen molar-refractivity contribution < 1.29 is 22.6 Å². The number of methoxy groups -OCH3 is 1. The van der Waals surface area contributed by atoms with Gasteiger partial charge in [-0.15, -0.1) is 0 Å². The van der Waals surface area contributed by atoms with Gasteiger partial charge in [0.25, 0.3) is 0 Å². The third-order valence-electron chi connectivity index (χ3n) is 5.32. The highest BCUT2D eigenvalue weighted by molar-refractivity contribution is 5.77. The molecule has 0 radical (unpaired) electrons. The first-order valence-corrected chi connectivity index (χ1v) is 9.62. The van der Waals surface area contributed by atoms with Gasteiger partial charge in [0.1, 0.15) is 17.1 Å². The van der Waals surface area contributed by atoms with Crippen molar-refractivity contribution in [2.75, 3.05) is 7.11 Å². The molecule has 5 rings (SSSR count). The molecule has 6 nitrogen and oxygen atoms in total. The zero-order valence-corrected chi connectivity index (χ0v) is 16.4. The summed E-state index contributed by atoms with van der Waals surface area (Å²) in [6.07, 6.45) is 0.359. The number of fused-ring (bicyclic) bond motifs is 3. The highest BCUT2D eigenvalue weighted by Gasteiger charge is 2.37. The highest BCUT2D eigenvalue weighted by atomic mass is 19.3. The lowest BCUT2D eigenvalue weighted by Gasteiger charge is -2.18. The second-order valence-corrected chi connectivity index (χ2v) is 7.10. The molecule has 1 aliphatic heterocycles. The van der Waals surface area contributed by atoms with Crippen LogP contribution in [0.15, 0.2) is 54.7 Å². The fourth-order valence-electron chi connectivity index (χ4n) is 3.96. The standard InChI is InChI=1S/C22H17F3N4O2/c1-30-19-9-6-12(11-26-19)15-7-8-16-21(27-15)29-17(10-14(23)20(29)28-16)13-4-2-3-5-18(13)31-22(24)25/h2-9,11,14,17,22H,10H2,1H3. The van der Waals surface area contributed by atoms with Crippen LogP contribution in [0, 0.1) is 0 Å². The van der Waals surface area contributed by atoms with E-state index in [0.29, 0.717) is 28.3 Å². The molecule has 0 saturated carbocycles. The van der Waals surface area contributed by atoms with Crippen molar-refractivity contribution in [3.05, 3.63) is 66.1 Å². The van der Waals surface area contributed by atoms with E-state index in [2.05, 4.69) is 14.7 Å². The number of rotatable bonds is 5. The molecule has 158 valence electrons. The minimum absolute atomic E-state index is 0.0138. The molecule has 3 aromatic heterocycles. The summed E-state index contributed by atoms with van der Waals surface area (Å²) in [6, 6.07) is 12.9. The summed E-state index contributed by atoms with van der Waals surface area (Å²) in [5.41, 5.74) is 2.84. The molecule has 0 amide bonds. The maximum absolute atomic E-state index is 14.9. The SMILES string of the molecule is COc1ccc(-c2ccc3nc4n(c3n2)C(c2ccccc2OC(F)F)CC4F)cn1. The van der Waals surface area contributed by atoms with E-state index in [0.717, 1.165) is 5.56 Å². The highest BCUT2D eigenvalue weighted by Crippen LogP contribution is 2.45. The number of halogens is 3. The first-order valence-electron chi connectivity index (χ1n) is 9.62. The molecule has 4 heterocycles. The van der Waals surface area contributed by atoms with Gasteiger partial charge in [-0.3, -0.25) is 0 Å². The average molecular weight is 426 g/mol. The Morgan fingerprint density at radius 2 is 1.90 bits per heavy atom. The van der Waals surface area contributed by atoms with Crippen molar-refractivity contribution >= 4 is 11.2 Å². The number of hydrogen-bond acceptors (Lipinski definition) is 5. The number of hydrogen-bond donors (Lipinski definition) is 0. The van der Waals surface area contributed by atoms with Gasteiger partial charge in [0, 0.05) is 29.8 Å². The van der Waals surface area contributed by atoms with Crippen molar-refractivity contribution in [1.29, 1.82) is 0 Å². The Balaban J connectivity index is 1.63. The van der Waals surface area contributed by atoms with Crippen molar-refractivity contribution in [3.8, 4) is 22.9 Å². The minimum atomic E-state index is -2.98. The van der Waals surface area contributed by atoms with Crippen molar-refractivity contribution in [3.63, 3.8) is 0 Å². The Bertz CT molecular complexity index is 1240. The number of aromatic nitrogens is 4. The third kappa shape index (κ3) is 3.35. The van der Waals surface area contributed by atoms with Crippen LogP contribution in [0.5, 0.6) is 11.6 Å². The predicted molar refractivity (Wildman–Crippen MR) is 107 cm³/mol. The molecule has 2 unspecified atom stereocenters. The summed E-state index contributed by atoms with van der Waals surface area (Å²) in [5, 5.41) is 0. The maximum Gasteiger partial charge on any atom is 0.387 e. The lowest BCUT2D eigenvalue weighted by atomic mass is 10.0. The molecule has 0 aliphatic carbocycles. The number of benzene rings is 1. The van der Waals surface area contributed by atoms with Gasteiger partial charge in [-0.1, -0.05) is 18.2 Å². The Kier molecular flexibility index (Phi) is 4.72. The second kappa shape index (κ2) is 7.57. The molecule has 0 bridgehead atoms. The molecule has 31 heavy (non-hydrogen) atoms. The number of ether oxygens (including phenoxy) is 2. The Morgan fingerprint density at radius 3 is 2.65 bits per heavy atom. The second-order valence-electron chi connectivity index (χ2n) is 7.10. The monoisotopic (exact) mass is 426 g/mol. The number of nitrogens with zero attached hydrogens (tertiary/aromatic N) is 4. The van der Waals surface area contributed by atoms with Gasteiger partial charge in [-0.25, -0.2) is 19.3 Å². The van der Waals surface area contributed by atoms with E-state index < -0.39 is 18.8 Å². The van der Waals surface area contributed by atoms with E-state index in [1.165, 1.54) is 13.2 Å². The maximum atomic E-state index is 14.9. The van der Waals surface area contributed by atoms with Gasteiger partial charge in [0.05, 0.1) is 18.8 Å². The summed E-state index contributed by atoms with van der Waals surface area (Å²) < 4.78 is 52.1. The van der Waals surface area contributed by atoms with Gasteiger partial charge in [-0.2, -0.15) is 8.78 Å². The number of alkyl halides is 3. The van der Waals surface area contributed by atoms with Crippen LogP contribution in [-0.2, 0) is 0 Å². The van der Waals surface area contributed by atoms with Crippen LogP contribution in [0.4, 0.5) is 13.2 Å². The fourth-order valence-corrected chi connectivity index (χ4v) is 3.96. The number of imidazole rings is 1. The third-order valence-corrected chi connectivity index (χ3v) is 5.32. The quantitative estimate of drug-likeness (QED) is 0.444. The van der Waals surface area contributed by atoms with Gasteiger partial charge in [0.15, 0.2) is 11.8 Å². The van der Waals surface area contributed by atoms with Gasteiger partial charge >= 0.3 is 6.61 Å². The number of para-hydroxylation sites is 1. The fraction of sp³-hybridized carbons (Fsp3) is 0.227. The zero-order valence-electron chi connectivity index (χ0n) is 16.4. The molecule has 0 spiro atoms. The molecule has 1 aliphatic rings. The van der Waals surface area contributed by atoms with Crippen LogP contribution in [0.25, 0.3) is 22.4 Å². The molecule has 9 heteroatoms. The molecule has 0 N–H and O–H groups in total. The lowest BCUT2D eigenvalue weighted by molar-refractivity contribution is -0.0507. The van der Waals surface area contributed by atoms with E-state index in [1.807, 2.05) is 6.07 Å². The van der Waals surface area contributed by atoms with Gasteiger partial charge in [-0.05, 0) is 24.3 Å². The van der Waals surface area contributed by atoms with Crippen molar-refractivity contribution in [1.82, 2.24) is 19.5 Å². The van der Waals surface area contributed by atoms with Crippen LogP contribution in [0.3, 0.4) is 0 Å². The Hall–Kier alpha value is -3.62. The normalized spacial score (nSPS) is 17.8. The molecule has 4 aromatic rings. The van der Waals surface area contributed by atoms with E-state index >= 15 is 0 Å². The lowest BCUT2D eigenvalue weighted by Crippen LogP contribution is -2.11. The molecular weight excluding hydrogens is 409 g/mol. The zero-order chi connectivity index (χ0) is 21.5. The summed E-state index contributed by atoms with van der Waals surface area (Å²) in [6.45, 7) is -2.98. The van der Waals surface area contributed by atoms with Gasteiger partial charge in [0.2, 0.25) is 5.88 Å². The Labute approximate surface area is 175 Å². The summed E-state index contributed by atoms with van der Waals surface area (Å²) in [5.74, 6) is 0.718. The summed E-state index contributed by atoms with van der Waals surface area (Å²) >= 11 is 0. The number of pyridine rings is 2. The Morgan fingerprint density at radius 1 is 1.06 bits per heavy atom. The summed E-state index contributed by atoms with van der Waals surface area (Å²) in [4.78, 5) is 13.3. The molecule has 1 aromatic carbocycles. The van der Waals surface area contributed by atoms with E-state index in [4.69, 9.17) is 9.72 Å². The van der Waals surface area contributed by atoms with Crippen LogP contribution in [0.2, 0.25) is 0 Å². The van der Waals surface area contributed by atoms with Crippen molar-refractivity contribution in [2.45, 2.75) is 25.2 Å². The largest absolute Gasteiger partial charge is 0.481 e. The topological polar surface area (TPSA) is 62.1 Å². The van der Waals surface area contributed by atoms with Crippen LogP contribution >= 0.6 is 0 Å². The van der Waals surface area contributed by atoms with Crippen LogP contribution < -0.4 is 9.47 Å². The average Bonchev–Trinajstić information content (AvgIpc) is 3.31.